The number of rotatable bonds is 3. The van der Waals surface area contributed by atoms with Gasteiger partial charge in [0.2, 0.25) is 11.8 Å². The fourth-order valence-corrected chi connectivity index (χ4v) is 2.90. The Balaban J connectivity index is 1.76. The minimum absolute atomic E-state index is 0.0414. The molecule has 102 valence electrons. The molecule has 2 aliphatic heterocycles. The van der Waals surface area contributed by atoms with Crippen LogP contribution in [0.5, 0.6) is 0 Å². The molecule has 0 spiro atoms. The Labute approximate surface area is 108 Å². The molecule has 1 N–H and O–H groups in total. The lowest BCUT2D eigenvalue weighted by atomic mass is 9.85. The summed E-state index contributed by atoms with van der Waals surface area (Å²) < 4.78 is 5.37. The van der Waals surface area contributed by atoms with Gasteiger partial charge in [0, 0.05) is 33.2 Å². The summed E-state index contributed by atoms with van der Waals surface area (Å²) in [5.41, 5.74) is 0. The Kier molecular flexibility index (Phi) is 4.58. The zero-order valence-electron chi connectivity index (χ0n) is 11.0. The van der Waals surface area contributed by atoms with Gasteiger partial charge in [-0.25, -0.2) is 0 Å². The minimum atomic E-state index is -0.150. The molecule has 2 saturated heterocycles. The second-order valence-electron chi connectivity index (χ2n) is 5.25. The van der Waals surface area contributed by atoms with E-state index in [2.05, 4.69) is 5.32 Å². The number of ether oxygens (including phenoxy) is 1. The average Bonchev–Trinajstić information content (AvgIpc) is 2.86. The molecule has 1 unspecified atom stereocenters. The van der Waals surface area contributed by atoms with Crippen LogP contribution in [0.2, 0.25) is 0 Å². The van der Waals surface area contributed by atoms with Crippen LogP contribution in [0.4, 0.5) is 0 Å². The first-order chi connectivity index (χ1) is 8.66. The lowest BCUT2D eigenvalue weighted by molar-refractivity contribution is -0.131. The van der Waals surface area contributed by atoms with Gasteiger partial charge in [-0.05, 0) is 31.1 Å². The molecule has 0 saturated carbocycles. The lowest BCUT2D eigenvalue weighted by Gasteiger charge is -2.27. The van der Waals surface area contributed by atoms with Gasteiger partial charge in [0.1, 0.15) is 0 Å². The van der Waals surface area contributed by atoms with E-state index in [1.54, 1.807) is 0 Å². The van der Waals surface area contributed by atoms with Gasteiger partial charge < -0.3 is 15.0 Å². The number of likely N-dealkylation sites (tertiary alicyclic amines) is 1. The normalized spacial score (nSPS) is 25.2. The van der Waals surface area contributed by atoms with Crippen molar-refractivity contribution in [2.24, 2.45) is 11.8 Å². The van der Waals surface area contributed by atoms with E-state index < -0.39 is 0 Å². The number of carbonyl (C=O) groups is 2. The van der Waals surface area contributed by atoms with Crippen molar-refractivity contribution >= 4 is 11.8 Å². The second kappa shape index (κ2) is 6.18. The molecule has 2 heterocycles. The minimum Gasteiger partial charge on any atom is -0.381 e. The first-order valence-electron chi connectivity index (χ1n) is 6.77. The first-order valence-corrected chi connectivity index (χ1v) is 6.77. The maximum absolute atomic E-state index is 11.9. The van der Waals surface area contributed by atoms with Crippen LogP contribution in [-0.4, -0.2) is 49.6 Å². The number of hydrogen-bond acceptors (Lipinski definition) is 3. The molecule has 0 aliphatic carbocycles. The highest BCUT2D eigenvalue weighted by Gasteiger charge is 2.32. The van der Waals surface area contributed by atoms with Crippen LogP contribution in [0, 0.1) is 11.8 Å². The third-order valence-electron chi connectivity index (χ3n) is 4.00. The van der Waals surface area contributed by atoms with E-state index in [1.165, 1.54) is 6.92 Å². The summed E-state index contributed by atoms with van der Waals surface area (Å²) in [6.45, 7) is 4.98. The predicted molar refractivity (Wildman–Crippen MR) is 66.9 cm³/mol. The van der Waals surface area contributed by atoms with Crippen molar-refractivity contribution in [3.8, 4) is 0 Å². The van der Waals surface area contributed by atoms with Crippen LogP contribution in [0.1, 0.15) is 26.2 Å². The Bertz CT molecular complexity index is 313. The highest BCUT2D eigenvalue weighted by atomic mass is 16.5. The molecule has 2 amide bonds. The second-order valence-corrected chi connectivity index (χ2v) is 5.25. The van der Waals surface area contributed by atoms with Gasteiger partial charge in [-0.15, -0.1) is 0 Å². The van der Waals surface area contributed by atoms with Gasteiger partial charge in [-0.1, -0.05) is 0 Å². The summed E-state index contributed by atoms with van der Waals surface area (Å²) in [6.07, 6.45) is 3.34. The fraction of sp³-hybridized carbons (Fsp3) is 0.846. The summed E-state index contributed by atoms with van der Waals surface area (Å²) in [7, 11) is 0. The molecule has 0 aromatic rings. The zero-order valence-corrected chi connectivity index (χ0v) is 11.0. The number of carbonyl (C=O) groups excluding carboxylic acids is 2. The molecule has 2 aliphatic rings. The molecule has 0 aromatic carbocycles. The summed E-state index contributed by atoms with van der Waals surface area (Å²) in [5.74, 6) is 1.22. The van der Waals surface area contributed by atoms with E-state index in [1.807, 2.05) is 4.90 Å². The van der Waals surface area contributed by atoms with Crippen molar-refractivity contribution in [2.75, 3.05) is 32.8 Å². The number of nitrogens with zero attached hydrogens (tertiary/aromatic N) is 1. The van der Waals surface area contributed by atoms with Crippen molar-refractivity contribution < 1.29 is 14.3 Å². The van der Waals surface area contributed by atoms with E-state index in [-0.39, 0.29) is 18.4 Å². The van der Waals surface area contributed by atoms with E-state index in [4.69, 9.17) is 4.74 Å². The molecule has 5 nitrogen and oxygen atoms in total. The molecular formula is C13H22N2O3. The van der Waals surface area contributed by atoms with Gasteiger partial charge >= 0.3 is 0 Å². The van der Waals surface area contributed by atoms with Gasteiger partial charge in [0.05, 0.1) is 6.54 Å². The van der Waals surface area contributed by atoms with E-state index in [9.17, 15) is 9.59 Å². The van der Waals surface area contributed by atoms with E-state index >= 15 is 0 Å². The highest BCUT2D eigenvalue weighted by molar-refractivity contribution is 5.83. The molecule has 0 aromatic heterocycles. The average molecular weight is 254 g/mol. The summed E-state index contributed by atoms with van der Waals surface area (Å²) in [6, 6.07) is 0. The molecule has 2 rings (SSSR count). The SMILES string of the molecule is CC(=O)NCC(=O)N1CCC(C2CCOCC2)C1. The van der Waals surface area contributed by atoms with Crippen LogP contribution < -0.4 is 5.32 Å². The third-order valence-corrected chi connectivity index (χ3v) is 4.00. The van der Waals surface area contributed by atoms with Crippen molar-refractivity contribution in [1.82, 2.24) is 10.2 Å². The van der Waals surface area contributed by atoms with Gasteiger partial charge in [-0.2, -0.15) is 0 Å². The Morgan fingerprint density at radius 3 is 2.61 bits per heavy atom. The molecule has 0 radical (unpaired) electrons. The first kappa shape index (κ1) is 13.3. The maximum Gasteiger partial charge on any atom is 0.241 e. The smallest absolute Gasteiger partial charge is 0.241 e. The zero-order chi connectivity index (χ0) is 13.0. The topological polar surface area (TPSA) is 58.6 Å². The molecule has 18 heavy (non-hydrogen) atoms. The fourth-order valence-electron chi connectivity index (χ4n) is 2.90. The number of amides is 2. The third kappa shape index (κ3) is 3.45. The van der Waals surface area contributed by atoms with Crippen LogP contribution >= 0.6 is 0 Å². The largest absolute Gasteiger partial charge is 0.381 e. The van der Waals surface area contributed by atoms with Crippen molar-refractivity contribution in [3.63, 3.8) is 0 Å². The Morgan fingerprint density at radius 1 is 1.22 bits per heavy atom. The van der Waals surface area contributed by atoms with Gasteiger partial charge in [0.25, 0.3) is 0 Å². The van der Waals surface area contributed by atoms with Gasteiger partial charge in [-0.3, -0.25) is 9.59 Å². The molecular weight excluding hydrogens is 232 g/mol. The lowest BCUT2D eigenvalue weighted by Crippen LogP contribution is -2.38. The molecule has 0 bridgehead atoms. The molecule has 5 heteroatoms. The van der Waals surface area contributed by atoms with Crippen LogP contribution in [0.25, 0.3) is 0 Å². The molecule has 2 fully saturated rings. The van der Waals surface area contributed by atoms with Gasteiger partial charge in [0.15, 0.2) is 0 Å². The maximum atomic E-state index is 11.9. The summed E-state index contributed by atoms with van der Waals surface area (Å²) >= 11 is 0. The van der Waals surface area contributed by atoms with Crippen molar-refractivity contribution in [2.45, 2.75) is 26.2 Å². The monoisotopic (exact) mass is 254 g/mol. The standard InChI is InChI=1S/C13H22N2O3/c1-10(16)14-8-13(17)15-5-2-12(9-15)11-3-6-18-7-4-11/h11-12H,2-9H2,1H3,(H,14,16). The highest BCUT2D eigenvalue weighted by Crippen LogP contribution is 2.30. The van der Waals surface area contributed by atoms with Crippen molar-refractivity contribution in [1.29, 1.82) is 0 Å². The van der Waals surface area contributed by atoms with Crippen LogP contribution in [-0.2, 0) is 14.3 Å². The molecule has 1 atom stereocenters. The number of nitrogens with one attached hydrogen (secondary N) is 1. The van der Waals surface area contributed by atoms with E-state index in [0.29, 0.717) is 11.8 Å². The quantitative estimate of drug-likeness (QED) is 0.793. The van der Waals surface area contributed by atoms with Crippen LogP contribution in [0.3, 0.4) is 0 Å². The van der Waals surface area contributed by atoms with Crippen LogP contribution in [0.15, 0.2) is 0 Å². The van der Waals surface area contributed by atoms with E-state index in [0.717, 1.165) is 45.6 Å². The Hall–Kier alpha value is -1.10. The number of hydrogen-bond donors (Lipinski definition) is 1. The summed E-state index contributed by atoms with van der Waals surface area (Å²) in [4.78, 5) is 24.5. The van der Waals surface area contributed by atoms with Crippen molar-refractivity contribution in [3.05, 3.63) is 0 Å². The summed E-state index contributed by atoms with van der Waals surface area (Å²) in [5, 5.41) is 2.57. The predicted octanol–water partition coefficient (Wildman–Crippen LogP) is 0.398. The Morgan fingerprint density at radius 2 is 1.94 bits per heavy atom.